The highest BCUT2D eigenvalue weighted by molar-refractivity contribution is 8.00. The number of nitrogens with zero attached hydrogens (tertiary/aromatic N) is 1. The van der Waals surface area contributed by atoms with E-state index in [0.29, 0.717) is 5.92 Å². The van der Waals surface area contributed by atoms with Gasteiger partial charge in [-0.15, -0.1) is 0 Å². The molecule has 0 aliphatic carbocycles. The largest absolute Gasteiger partial charge is 0.330 e. The van der Waals surface area contributed by atoms with Crippen molar-refractivity contribution in [1.82, 2.24) is 4.90 Å². The Morgan fingerprint density at radius 3 is 2.65 bits per heavy atom. The van der Waals surface area contributed by atoms with Crippen LogP contribution in [0.15, 0.2) is 0 Å². The molecule has 17 heavy (non-hydrogen) atoms. The maximum atomic E-state index is 5.88. The van der Waals surface area contributed by atoms with Crippen molar-refractivity contribution in [2.75, 3.05) is 25.4 Å². The molecule has 3 atom stereocenters. The molecule has 1 aliphatic heterocycles. The molecule has 1 heterocycles. The molecule has 0 spiro atoms. The summed E-state index contributed by atoms with van der Waals surface area (Å²) in [4.78, 5) is 2.66. The van der Waals surface area contributed by atoms with Crippen molar-refractivity contribution in [3.63, 3.8) is 0 Å². The Labute approximate surface area is 112 Å². The van der Waals surface area contributed by atoms with Gasteiger partial charge in [0.25, 0.3) is 0 Å². The SMILES string of the molecule is CC(C)CC(CN)CCN1CCSC(C)C1C. The molecule has 0 amide bonds. The van der Waals surface area contributed by atoms with Crippen LogP contribution >= 0.6 is 11.8 Å². The first-order chi connectivity index (χ1) is 8.04. The van der Waals surface area contributed by atoms with Gasteiger partial charge in [0.1, 0.15) is 0 Å². The minimum atomic E-state index is 0.715. The minimum absolute atomic E-state index is 0.715. The van der Waals surface area contributed by atoms with E-state index in [-0.39, 0.29) is 0 Å². The van der Waals surface area contributed by atoms with Gasteiger partial charge in [0.2, 0.25) is 0 Å². The molecule has 3 heteroatoms. The first kappa shape index (κ1) is 15.3. The molecule has 0 aromatic heterocycles. The minimum Gasteiger partial charge on any atom is -0.330 e. The zero-order valence-electron chi connectivity index (χ0n) is 12.0. The van der Waals surface area contributed by atoms with Crippen molar-refractivity contribution < 1.29 is 0 Å². The van der Waals surface area contributed by atoms with Crippen LogP contribution in [-0.2, 0) is 0 Å². The van der Waals surface area contributed by atoms with Crippen LogP contribution in [0, 0.1) is 11.8 Å². The van der Waals surface area contributed by atoms with Crippen molar-refractivity contribution in [3.8, 4) is 0 Å². The van der Waals surface area contributed by atoms with Crippen LogP contribution in [0.25, 0.3) is 0 Å². The molecule has 0 bridgehead atoms. The second-order valence-electron chi connectivity index (χ2n) is 5.87. The zero-order valence-corrected chi connectivity index (χ0v) is 12.8. The Bertz CT molecular complexity index is 208. The van der Waals surface area contributed by atoms with E-state index in [1.807, 2.05) is 0 Å². The van der Waals surface area contributed by atoms with Gasteiger partial charge in [0, 0.05) is 23.6 Å². The van der Waals surface area contributed by atoms with Crippen molar-refractivity contribution in [1.29, 1.82) is 0 Å². The number of hydrogen-bond acceptors (Lipinski definition) is 3. The van der Waals surface area contributed by atoms with Crippen LogP contribution in [0.2, 0.25) is 0 Å². The molecule has 1 aliphatic rings. The lowest BCUT2D eigenvalue weighted by Gasteiger charge is -2.38. The van der Waals surface area contributed by atoms with Crippen LogP contribution in [0.3, 0.4) is 0 Å². The highest BCUT2D eigenvalue weighted by atomic mass is 32.2. The summed E-state index contributed by atoms with van der Waals surface area (Å²) < 4.78 is 0. The average Bonchev–Trinajstić information content (AvgIpc) is 2.28. The third-order valence-corrected chi connectivity index (χ3v) is 5.32. The maximum absolute atomic E-state index is 5.88. The number of thioether (sulfide) groups is 1. The smallest absolute Gasteiger partial charge is 0.0184 e. The quantitative estimate of drug-likeness (QED) is 0.794. The Morgan fingerprint density at radius 2 is 2.06 bits per heavy atom. The highest BCUT2D eigenvalue weighted by Gasteiger charge is 2.25. The van der Waals surface area contributed by atoms with Crippen LogP contribution in [0.1, 0.15) is 40.5 Å². The summed E-state index contributed by atoms with van der Waals surface area (Å²) in [5.74, 6) is 2.78. The second kappa shape index (κ2) is 7.65. The lowest BCUT2D eigenvalue weighted by Crippen LogP contribution is -2.45. The van der Waals surface area contributed by atoms with E-state index in [1.54, 1.807) is 0 Å². The first-order valence-corrected chi connectivity index (χ1v) is 8.15. The summed E-state index contributed by atoms with van der Waals surface area (Å²) in [6.07, 6.45) is 2.55. The topological polar surface area (TPSA) is 29.3 Å². The predicted molar refractivity (Wildman–Crippen MR) is 79.6 cm³/mol. The van der Waals surface area contributed by atoms with Gasteiger partial charge in [-0.05, 0) is 44.7 Å². The van der Waals surface area contributed by atoms with Crippen LogP contribution in [0.5, 0.6) is 0 Å². The van der Waals surface area contributed by atoms with E-state index in [1.165, 1.54) is 31.7 Å². The second-order valence-corrected chi connectivity index (χ2v) is 7.36. The van der Waals surface area contributed by atoms with E-state index < -0.39 is 0 Å². The maximum Gasteiger partial charge on any atom is 0.0184 e. The predicted octanol–water partition coefficient (Wildman–Crippen LogP) is 2.82. The van der Waals surface area contributed by atoms with Crippen molar-refractivity contribution in [3.05, 3.63) is 0 Å². The molecular weight excluding hydrogens is 228 g/mol. The molecule has 2 N–H and O–H groups in total. The third-order valence-electron chi connectivity index (χ3n) is 3.98. The number of nitrogens with two attached hydrogens (primary N) is 1. The normalized spacial score (nSPS) is 28.6. The van der Waals surface area contributed by atoms with E-state index in [0.717, 1.165) is 23.8 Å². The van der Waals surface area contributed by atoms with Gasteiger partial charge in [-0.2, -0.15) is 11.8 Å². The molecule has 0 aromatic rings. The Hall–Kier alpha value is 0.270. The third kappa shape index (κ3) is 5.19. The lowest BCUT2D eigenvalue weighted by atomic mass is 9.94. The molecule has 1 saturated heterocycles. The number of rotatable bonds is 6. The van der Waals surface area contributed by atoms with Gasteiger partial charge in [0.05, 0.1) is 0 Å². The van der Waals surface area contributed by atoms with Gasteiger partial charge in [0.15, 0.2) is 0 Å². The highest BCUT2D eigenvalue weighted by Crippen LogP contribution is 2.25. The Kier molecular flexibility index (Phi) is 6.90. The molecular formula is C14H30N2S. The van der Waals surface area contributed by atoms with Crippen LogP contribution in [0.4, 0.5) is 0 Å². The lowest BCUT2D eigenvalue weighted by molar-refractivity contribution is 0.193. The molecule has 3 unspecified atom stereocenters. The number of hydrogen-bond donors (Lipinski definition) is 1. The standard InChI is InChI=1S/C14H30N2S/c1-11(2)9-14(10-15)5-6-16-7-8-17-13(4)12(16)3/h11-14H,5-10,15H2,1-4H3. The summed E-state index contributed by atoms with van der Waals surface area (Å²) >= 11 is 2.11. The molecule has 0 aromatic carbocycles. The molecule has 0 radical (unpaired) electrons. The molecule has 1 fully saturated rings. The fraction of sp³-hybridized carbons (Fsp3) is 1.00. The van der Waals surface area contributed by atoms with Crippen molar-refractivity contribution >= 4 is 11.8 Å². The summed E-state index contributed by atoms with van der Waals surface area (Å²) in [5, 5.41) is 0.783. The van der Waals surface area contributed by atoms with Gasteiger partial charge >= 0.3 is 0 Å². The summed E-state index contributed by atoms with van der Waals surface area (Å²) in [6, 6.07) is 0.728. The molecule has 1 rings (SSSR count). The Morgan fingerprint density at radius 1 is 1.35 bits per heavy atom. The van der Waals surface area contributed by atoms with Crippen LogP contribution in [-0.4, -0.2) is 41.6 Å². The monoisotopic (exact) mass is 258 g/mol. The van der Waals surface area contributed by atoms with Crippen LogP contribution < -0.4 is 5.73 Å². The van der Waals surface area contributed by atoms with Crippen molar-refractivity contribution in [2.45, 2.75) is 51.8 Å². The summed E-state index contributed by atoms with van der Waals surface area (Å²) in [7, 11) is 0. The van der Waals surface area contributed by atoms with E-state index in [9.17, 15) is 0 Å². The molecule has 2 nitrogen and oxygen atoms in total. The molecule has 102 valence electrons. The fourth-order valence-corrected chi connectivity index (χ4v) is 3.82. The van der Waals surface area contributed by atoms with E-state index in [2.05, 4.69) is 44.4 Å². The van der Waals surface area contributed by atoms with Gasteiger partial charge in [-0.25, -0.2) is 0 Å². The van der Waals surface area contributed by atoms with Gasteiger partial charge in [-0.3, -0.25) is 4.90 Å². The molecule has 0 saturated carbocycles. The van der Waals surface area contributed by atoms with Crippen molar-refractivity contribution in [2.24, 2.45) is 17.6 Å². The summed E-state index contributed by atoms with van der Waals surface area (Å²) in [5.41, 5.74) is 5.88. The Balaban J connectivity index is 2.32. The van der Waals surface area contributed by atoms with Gasteiger partial charge in [-0.1, -0.05) is 20.8 Å². The first-order valence-electron chi connectivity index (χ1n) is 7.10. The fourth-order valence-electron chi connectivity index (χ4n) is 2.66. The zero-order chi connectivity index (χ0) is 12.8. The van der Waals surface area contributed by atoms with E-state index in [4.69, 9.17) is 5.73 Å². The van der Waals surface area contributed by atoms with Gasteiger partial charge < -0.3 is 5.73 Å². The average molecular weight is 258 g/mol. The van der Waals surface area contributed by atoms with E-state index >= 15 is 0 Å². The summed E-state index contributed by atoms with van der Waals surface area (Å²) in [6.45, 7) is 12.7.